The topological polar surface area (TPSA) is 28.0 Å². The number of ether oxygens (including phenoxy) is 1. The fraction of sp³-hybridized carbons (Fsp3) is 0.357. The van der Waals surface area contributed by atoms with E-state index in [9.17, 15) is 0 Å². The van der Waals surface area contributed by atoms with E-state index < -0.39 is 0 Å². The monoisotopic (exact) mass is 229 g/mol. The van der Waals surface area contributed by atoms with Gasteiger partial charge in [-0.05, 0) is 17.7 Å². The number of fused-ring (bicyclic) bond motifs is 3. The van der Waals surface area contributed by atoms with Crippen LogP contribution in [0.3, 0.4) is 0 Å². The lowest BCUT2D eigenvalue weighted by atomic mass is 10.0. The first-order valence-electron chi connectivity index (χ1n) is 5.94. The van der Waals surface area contributed by atoms with Gasteiger partial charge < -0.3 is 9.72 Å². The van der Waals surface area contributed by atoms with Crippen molar-refractivity contribution in [3.63, 3.8) is 0 Å². The third-order valence-electron chi connectivity index (χ3n) is 3.74. The molecule has 0 bridgehead atoms. The molecule has 88 valence electrons. The molecule has 0 saturated carbocycles. The summed E-state index contributed by atoms with van der Waals surface area (Å²) >= 11 is 0. The molecule has 0 amide bonds. The molecule has 0 radical (unpaired) electrons. The van der Waals surface area contributed by atoms with Gasteiger partial charge in [0, 0.05) is 30.3 Å². The van der Waals surface area contributed by atoms with Crippen LogP contribution < -0.4 is 4.74 Å². The van der Waals surface area contributed by atoms with E-state index in [0.29, 0.717) is 0 Å². The van der Waals surface area contributed by atoms with Gasteiger partial charge in [-0.25, -0.2) is 4.58 Å². The van der Waals surface area contributed by atoms with Crippen molar-refractivity contribution in [1.29, 1.82) is 0 Å². The maximum absolute atomic E-state index is 5.27. The summed E-state index contributed by atoms with van der Waals surface area (Å²) in [5.74, 6) is 0.905. The molecule has 0 aliphatic carbocycles. The summed E-state index contributed by atoms with van der Waals surface area (Å²) < 4.78 is 7.57. The van der Waals surface area contributed by atoms with Crippen molar-refractivity contribution >= 4 is 16.6 Å². The van der Waals surface area contributed by atoms with Crippen LogP contribution in [0.4, 0.5) is 0 Å². The van der Waals surface area contributed by atoms with Crippen LogP contribution in [0.25, 0.3) is 10.9 Å². The second kappa shape index (κ2) is 3.62. The van der Waals surface area contributed by atoms with Gasteiger partial charge >= 0.3 is 0 Å². The standard InChI is InChI=1S/C14H16N2O/c1-9-14-12(6-7-16(9)2)11-5-4-10(17-3)8-13(11)15-14/h4-5,8H,6-7H2,1-3H3/p+1. The van der Waals surface area contributed by atoms with Crippen molar-refractivity contribution in [2.24, 2.45) is 0 Å². The highest BCUT2D eigenvalue weighted by atomic mass is 16.5. The lowest BCUT2D eigenvalue weighted by Crippen LogP contribution is -2.24. The van der Waals surface area contributed by atoms with Gasteiger partial charge in [-0.15, -0.1) is 0 Å². The van der Waals surface area contributed by atoms with Crippen LogP contribution in [0.15, 0.2) is 18.2 Å². The average molecular weight is 229 g/mol. The van der Waals surface area contributed by atoms with Gasteiger partial charge in [-0.2, -0.15) is 0 Å². The number of aromatic nitrogens is 1. The minimum atomic E-state index is 0.905. The molecule has 0 fully saturated rings. The fourth-order valence-electron chi connectivity index (χ4n) is 2.57. The summed E-state index contributed by atoms with van der Waals surface area (Å²) in [5, 5.41) is 1.33. The molecule has 2 aromatic rings. The molecule has 0 unspecified atom stereocenters. The van der Waals surface area contributed by atoms with Crippen LogP contribution in [0.5, 0.6) is 5.75 Å². The zero-order chi connectivity index (χ0) is 12.0. The van der Waals surface area contributed by atoms with Gasteiger partial charge in [0.25, 0.3) is 0 Å². The zero-order valence-electron chi connectivity index (χ0n) is 10.5. The van der Waals surface area contributed by atoms with E-state index >= 15 is 0 Å². The minimum Gasteiger partial charge on any atom is -0.497 e. The van der Waals surface area contributed by atoms with Crippen molar-refractivity contribution in [1.82, 2.24) is 4.98 Å². The molecule has 3 rings (SSSR count). The predicted molar refractivity (Wildman–Crippen MR) is 69.4 cm³/mol. The summed E-state index contributed by atoms with van der Waals surface area (Å²) in [6, 6.07) is 6.26. The Hall–Kier alpha value is -1.77. The Bertz CT molecular complexity index is 622. The van der Waals surface area contributed by atoms with Crippen LogP contribution >= 0.6 is 0 Å². The Balaban J connectivity index is 2.28. The first kappa shape index (κ1) is 10.4. The Kier molecular flexibility index (Phi) is 2.21. The second-order valence-corrected chi connectivity index (χ2v) is 4.65. The number of hydrogen-bond acceptors (Lipinski definition) is 1. The number of nitrogens with zero attached hydrogens (tertiary/aromatic N) is 1. The van der Waals surface area contributed by atoms with Gasteiger partial charge in [0.15, 0.2) is 5.71 Å². The largest absolute Gasteiger partial charge is 0.497 e. The highest BCUT2D eigenvalue weighted by Gasteiger charge is 2.23. The quantitative estimate of drug-likeness (QED) is 0.746. The van der Waals surface area contributed by atoms with Crippen molar-refractivity contribution < 1.29 is 9.31 Å². The Morgan fingerprint density at radius 1 is 1.35 bits per heavy atom. The minimum absolute atomic E-state index is 0.905. The van der Waals surface area contributed by atoms with E-state index in [2.05, 4.69) is 35.7 Å². The van der Waals surface area contributed by atoms with E-state index in [1.807, 2.05) is 6.07 Å². The average Bonchev–Trinajstić information content (AvgIpc) is 2.72. The summed E-state index contributed by atoms with van der Waals surface area (Å²) in [6.07, 6.45) is 1.11. The molecule has 1 N–H and O–H groups in total. The normalized spacial score (nSPS) is 15.2. The number of likely N-dealkylation sites (N-methyl/N-ethyl adjacent to an activating group) is 1. The molecule has 0 atom stereocenters. The van der Waals surface area contributed by atoms with Gasteiger partial charge in [0.1, 0.15) is 25.0 Å². The number of methoxy groups -OCH3 is 1. The molecule has 0 saturated heterocycles. The lowest BCUT2D eigenvalue weighted by molar-refractivity contribution is -0.498. The first-order chi connectivity index (χ1) is 8.20. The molecule has 3 heteroatoms. The van der Waals surface area contributed by atoms with Crippen LogP contribution in [0, 0.1) is 0 Å². The molecule has 1 aromatic carbocycles. The summed E-state index contributed by atoms with van der Waals surface area (Å²) in [6.45, 7) is 3.27. The predicted octanol–water partition coefficient (Wildman–Crippen LogP) is 2.18. The number of aromatic amines is 1. The number of nitrogens with one attached hydrogen (secondary N) is 1. The molecule has 3 nitrogen and oxygen atoms in total. The van der Waals surface area contributed by atoms with E-state index in [-0.39, 0.29) is 0 Å². The summed E-state index contributed by atoms with van der Waals surface area (Å²) in [7, 11) is 3.85. The fourth-order valence-corrected chi connectivity index (χ4v) is 2.57. The third-order valence-corrected chi connectivity index (χ3v) is 3.74. The highest BCUT2D eigenvalue weighted by Crippen LogP contribution is 2.28. The van der Waals surface area contributed by atoms with Crippen molar-refractivity contribution in [2.45, 2.75) is 13.3 Å². The third kappa shape index (κ3) is 1.46. The van der Waals surface area contributed by atoms with Crippen LogP contribution in [-0.2, 0) is 6.42 Å². The Morgan fingerprint density at radius 2 is 2.18 bits per heavy atom. The van der Waals surface area contributed by atoms with Crippen molar-refractivity contribution in [3.8, 4) is 5.75 Å². The number of rotatable bonds is 1. The molecule has 1 aliphatic heterocycles. The SMILES string of the molecule is COc1ccc2c3c([nH]c2c1)C(C)=[N+](C)CC3. The van der Waals surface area contributed by atoms with E-state index in [0.717, 1.165) is 18.7 Å². The van der Waals surface area contributed by atoms with Gasteiger partial charge in [-0.1, -0.05) is 0 Å². The van der Waals surface area contributed by atoms with Gasteiger partial charge in [-0.3, -0.25) is 0 Å². The van der Waals surface area contributed by atoms with Crippen LogP contribution in [-0.4, -0.2) is 36.0 Å². The number of hydrogen-bond donors (Lipinski definition) is 1. The maximum Gasteiger partial charge on any atom is 0.196 e. The van der Waals surface area contributed by atoms with Crippen molar-refractivity contribution in [3.05, 3.63) is 29.5 Å². The van der Waals surface area contributed by atoms with E-state index in [1.54, 1.807) is 7.11 Å². The first-order valence-corrected chi connectivity index (χ1v) is 5.94. The van der Waals surface area contributed by atoms with Gasteiger partial charge in [0.2, 0.25) is 0 Å². The Morgan fingerprint density at radius 3 is 2.94 bits per heavy atom. The smallest absolute Gasteiger partial charge is 0.196 e. The molecule has 17 heavy (non-hydrogen) atoms. The van der Waals surface area contributed by atoms with Crippen molar-refractivity contribution in [2.75, 3.05) is 20.7 Å². The van der Waals surface area contributed by atoms with Crippen LogP contribution in [0.1, 0.15) is 18.2 Å². The number of H-pyrrole nitrogens is 1. The van der Waals surface area contributed by atoms with E-state index in [1.165, 1.54) is 27.9 Å². The van der Waals surface area contributed by atoms with Crippen LogP contribution in [0.2, 0.25) is 0 Å². The molecule has 1 aliphatic rings. The molecule has 1 aromatic heterocycles. The molecular weight excluding hydrogens is 212 g/mol. The summed E-state index contributed by atoms with van der Waals surface area (Å²) in [4.78, 5) is 3.51. The molecule has 0 spiro atoms. The Labute approximate surface area is 101 Å². The second-order valence-electron chi connectivity index (χ2n) is 4.65. The molecule has 2 heterocycles. The summed E-state index contributed by atoms with van der Waals surface area (Å²) in [5.41, 5.74) is 5.21. The molecular formula is C14H17N2O+. The van der Waals surface area contributed by atoms with Gasteiger partial charge in [0.05, 0.1) is 7.11 Å². The van der Waals surface area contributed by atoms with E-state index in [4.69, 9.17) is 4.74 Å². The number of benzene rings is 1. The zero-order valence-corrected chi connectivity index (χ0v) is 10.5. The lowest BCUT2D eigenvalue weighted by Gasteiger charge is -2.10. The maximum atomic E-state index is 5.27. The highest BCUT2D eigenvalue weighted by molar-refractivity contribution is 6.02.